The third-order valence-corrected chi connectivity index (χ3v) is 3.32. The minimum absolute atomic E-state index is 0.189. The van der Waals surface area contributed by atoms with Gasteiger partial charge >= 0.3 is 5.97 Å². The lowest BCUT2D eigenvalue weighted by atomic mass is 9.71. The van der Waals surface area contributed by atoms with Crippen LogP contribution in [0.15, 0.2) is 0 Å². The number of carbonyl (C=O) groups is 1. The molecule has 1 aliphatic rings. The van der Waals surface area contributed by atoms with E-state index in [0.29, 0.717) is 6.61 Å². The Hall–Kier alpha value is -0.570. The third kappa shape index (κ3) is 2.27. The number of hydrogen-bond acceptors (Lipinski definition) is 2. The van der Waals surface area contributed by atoms with Gasteiger partial charge in [-0.2, -0.15) is 0 Å². The van der Waals surface area contributed by atoms with E-state index in [0.717, 1.165) is 32.3 Å². The molecule has 82 valence electrons. The quantitative estimate of drug-likeness (QED) is 0.757. The third-order valence-electron chi connectivity index (χ3n) is 3.32. The molecule has 1 N–H and O–H groups in total. The van der Waals surface area contributed by atoms with Gasteiger partial charge in [0.15, 0.2) is 0 Å². The Morgan fingerprint density at radius 1 is 1.64 bits per heavy atom. The van der Waals surface area contributed by atoms with E-state index in [1.54, 1.807) is 0 Å². The van der Waals surface area contributed by atoms with Gasteiger partial charge in [-0.05, 0) is 32.1 Å². The zero-order valence-electron chi connectivity index (χ0n) is 9.08. The van der Waals surface area contributed by atoms with Crippen molar-refractivity contribution in [2.24, 2.45) is 11.3 Å². The molecule has 2 atom stereocenters. The van der Waals surface area contributed by atoms with Gasteiger partial charge in [0.25, 0.3) is 0 Å². The van der Waals surface area contributed by atoms with E-state index in [4.69, 9.17) is 4.74 Å². The molecule has 0 aromatic heterocycles. The molecule has 0 amide bonds. The summed E-state index contributed by atoms with van der Waals surface area (Å²) in [5, 5.41) is 9.26. The van der Waals surface area contributed by atoms with Gasteiger partial charge in [-0.3, -0.25) is 4.79 Å². The SMILES string of the molecule is CCCC(C)(C(=O)O)C1CCCOC1. The first-order valence-electron chi connectivity index (χ1n) is 5.42. The number of hydrogen-bond donors (Lipinski definition) is 1. The molecular formula is C11H20O3. The average Bonchev–Trinajstić information content (AvgIpc) is 2.19. The number of rotatable bonds is 4. The second-order valence-electron chi connectivity index (χ2n) is 4.39. The lowest BCUT2D eigenvalue weighted by Gasteiger charge is -2.36. The van der Waals surface area contributed by atoms with Crippen LogP contribution in [0.1, 0.15) is 39.5 Å². The highest BCUT2D eigenvalue weighted by molar-refractivity contribution is 5.74. The summed E-state index contributed by atoms with van der Waals surface area (Å²) in [6, 6.07) is 0. The van der Waals surface area contributed by atoms with Crippen LogP contribution in [0, 0.1) is 11.3 Å². The number of ether oxygens (including phenoxy) is 1. The van der Waals surface area contributed by atoms with E-state index in [2.05, 4.69) is 0 Å². The van der Waals surface area contributed by atoms with Crippen molar-refractivity contribution in [2.45, 2.75) is 39.5 Å². The Morgan fingerprint density at radius 3 is 2.79 bits per heavy atom. The number of carboxylic acid groups (broad SMARTS) is 1. The molecule has 1 fully saturated rings. The molecule has 1 heterocycles. The first-order valence-corrected chi connectivity index (χ1v) is 5.42. The van der Waals surface area contributed by atoms with E-state index in [1.807, 2.05) is 13.8 Å². The van der Waals surface area contributed by atoms with Crippen LogP contribution in [0.25, 0.3) is 0 Å². The molecule has 14 heavy (non-hydrogen) atoms. The number of aliphatic carboxylic acids is 1. The van der Waals surface area contributed by atoms with Crippen molar-refractivity contribution in [2.75, 3.05) is 13.2 Å². The van der Waals surface area contributed by atoms with Crippen LogP contribution in [0.3, 0.4) is 0 Å². The predicted octanol–water partition coefficient (Wildman–Crippen LogP) is 2.30. The molecular weight excluding hydrogens is 180 g/mol. The summed E-state index contributed by atoms with van der Waals surface area (Å²) in [7, 11) is 0. The van der Waals surface area contributed by atoms with Crippen LogP contribution in [-0.4, -0.2) is 24.3 Å². The van der Waals surface area contributed by atoms with Crippen LogP contribution >= 0.6 is 0 Å². The molecule has 1 aliphatic heterocycles. The van der Waals surface area contributed by atoms with Crippen molar-refractivity contribution >= 4 is 5.97 Å². The summed E-state index contributed by atoms with van der Waals surface area (Å²) in [5.41, 5.74) is -0.588. The van der Waals surface area contributed by atoms with Gasteiger partial charge in [-0.1, -0.05) is 13.3 Å². The maximum absolute atomic E-state index is 11.3. The van der Waals surface area contributed by atoms with Gasteiger partial charge in [0.2, 0.25) is 0 Å². The van der Waals surface area contributed by atoms with Crippen molar-refractivity contribution in [1.82, 2.24) is 0 Å². The smallest absolute Gasteiger partial charge is 0.309 e. The summed E-state index contributed by atoms with van der Waals surface area (Å²) in [6.45, 7) is 5.30. The first kappa shape index (κ1) is 11.5. The van der Waals surface area contributed by atoms with E-state index in [1.165, 1.54) is 0 Å². The van der Waals surface area contributed by atoms with Crippen LogP contribution in [0.5, 0.6) is 0 Å². The Balaban J connectivity index is 2.69. The lowest BCUT2D eigenvalue weighted by Crippen LogP contribution is -2.40. The largest absolute Gasteiger partial charge is 0.481 e. The van der Waals surface area contributed by atoms with Crippen LogP contribution < -0.4 is 0 Å². The fourth-order valence-electron chi connectivity index (χ4n) is 2.25. The van der Waals surface area contributed by atoms with Crippen molar-refractivity contribution < 1.29 is 14.6 Å². The fourth-order valence-corrected chi connectivity index (χ4v) is 2.25. The Kier molecular flexibility index (Phi) is 3.93. The zero-order chi connectivity index (χ0) is 10.6. The molecule has 1 rings (SSSR count). The molecule has 0 saturated carbocycles. The zero-order valence-corrected chi connectivity index (χ0v) is 9.08. The van der Waals surface area contributed by atoms with Gasteiger partial charge in [0.1, 0.15) is 0 Å². The van der Waals surface area contributed by atoms with Crippen LogP contribution in [0.2, 0.25) is 0 Å². The van der Waals surface area contributed by atoms with E-state index < -0.39 is 11.4 Å². The first-order chi connectivity index (χ1) is 6.61. The normalized spacial score (nSPS) is 26.9. The molecule has 0 aromatic rings. The number of carboxylic acids is 1. The summed E-state index contributed by atoms with van der Waals surface area (Å²) in [5.74, 6) is -0.483. The summed E-state index contributed by atoms with van der Waals surface area (Å²) in [6.07, 6.45) is 3.65. The summed E-state index contributed by atoms with van der Waals surface area (Å²) < 4.78 is 5.36. The topological polar surface area (TPSA) is 46.5 Å². The van der Waals surface area contributed by atoms with Crippen molar-refractivity contribution in [3.05, 3.63) is 0 Å². The van der Waals surface area contributed by atoms with E-state index in [-0.39, 0.29) is 5.92 Å². The molecule has 2 unspecified atom stereocenters. The molecule has 1 saturated heterocycles. The summed E-state index contributed by atoms with van der Waals surface area (Å²) in [4.78, 5) is 11.3. The standard InChI is InChI=1S/C11H20O3/c1-3-6-11(2,10(12)13)9-5-4-7-14-8-9/h9H,3-8H2,1-2H3,(H,12,13). The van der Waals surface area contributed by atoms with Crippen LogP contribution in [0.4, 0.5) is 0 Å². The van der Waals surface area contributed by atoms with E-state index in [9.17, 15) is 9.90 Å². The van der Waals surface area contributed by atoms with Crippen molar-refractivity contribution in [3.8, 4) is 0 Å². The second kappa shape index (κ2) is 4.78. The monoisotopic (exact) mass is 200 g/mol. The van der Waals surface area contributed by atoms with Crippen molar-refractivity contribution in [3.63, 3.8) is 0 Å². The summed E-state index contributed by atoms with van der Waals surface area (Å²) >= 11 is 0. The molecule has 0 aromatic carbocycles. The Bertz CT molecular complexity index is 197. The molecule has 0 spiro atoms. The minimum atomic E-state index is -0.671. The highest BCUT2D eigenvalue weighted by Crippen LogP contribution is 2.37. The molecule has 0 aliphatic carbocycles. The Labute approximate surface area is 85.5 Å². The van der Waals surface area contributed by atoms with Gasteiger partial charge < -0.3 is 9.84 Å². The van der Waals surface area contributed by atoms with Gasteiger partial charge in [-0.25, -0.2) is 0 Å². The molecule has 3 nitrogen and oxygen atoms in total. The highest BCUT2D eigenvalue weighted by Gasteiger charge is 2.41. The minimum Gasteiger partial charge on any atom is -0.481 e. The predicted molar refractivity (Wildman–Crippen MR) is 54.2 cm³/mol. The molecule has 0 radical (unpaired) electrons. The van der Waals surface area contributed by atoms with Gasteiger partial charge in [0, 0.05) is 6.61 Å². The second-order valence-corrected chi connectivity index (χ2v) is 4.39. The fraction of sp³-hybridized carbons (Fsp3) is 0.909. The van der Waals surface area contributed by atoms with Crippen molar-refractivity contribution in [1.29, 1.82) is 0 Å². The Morgan fingerprint density at radius 2 is 2.36 bits per heavy atom. The molecule has 3 heteroatoms. The average molecular weight is 200 g/mol. The maximum Gasteiger partial charge on any atom is 0.309 e. The van der Waals surface area contributed by atoms with Gasteiger partial charge in [0.05, 0.1) is 12.0 Å². The maximum atomic E-state index is 11.3. The van der Waals surface area contributed by atoms with Gasteiger partial charge in [-0.15, -0.1) is 0 Å². The lowest BCUT2D eigenvalue weighted by molar-refractivity contribution is -0.155. The van der Waals surface area contributed by atoms with Crippen LogP contribution in [-0.2, 0) is 9.53 Å². The van der Waals surface area contributed by atoms with E-state index >= 15 is 0 Å². The molecule has 0 bridgehead atoms. The highest BCUT2D eigenvalue weighted by atomic mass is 16.5.